The number of halogens is 1. The van der Waals surface area contributed by atoms with Crippen molar-refractivity contribution in [2.45, 2.75) is 19.5 Å². The minimum absolute atomic E-state index is 0. The highest BCUT2D eigenvalue weighted by molar-refractivity contribution is 5.85. The molecule has 3 heteroatoms. The van der Waals surface area contributed by atoms with Crippen molar-refractivity contribution in [3.63, 3.8) is 0 Å². The molecule has 2 nitrogen and oxygen atoms in total. The van der Waals surface area contributed by atoms with Crippen LogP contribution in [0.25, 0.3) is 0 Å². The second-order valence-corrected chi connectivity index (χ2v) is 1.82. The zero-order valence-electron chi connectivity index (χ0n) is 4.06. The summed E-state index contributed by atoms with van der Waals surface area (Å²) in [6.45, 7) is 3.49. The second kappa shape index (κ2) is 2.39. The zero-order chi connectivity index (χ0) is 4.50. The first-order chi connectivity index (χ1) is 2.00. The average molecular weight is 111 g/mol. The second-order valence-electron chi connectivity index (χ2n) is 1.82. The summed E-state index contributed by atoms with van der Waals surface area (Å²) in [5.74, 6) is 0. The molecule has 40 valence electrons. The molecule has 4 N–H and O–H groups in total. The summed E-state index contributed by atoms with van der Waals surface area (Å²) in [5.41, 5.74) is 9.76. The Balaban J connectivity index is 0. The Kier molecular flexibility index (Phi) is 3.80. The van der Waals surface area contributed by atoms with Gasteiger partial charge in [-0.3, -0.25) is 0 Å². The molecular formula is C3H11ClN2. The van der Waals surface area contributed by atoms with Crippen LogP contribution in [0, 0.1) is 0 Å². The lowest BCUT2D eigenvalue weighted by molar-refractivity contribution is 0.547. The lowest BCUT2D eigenvalue weighted by Gasteiger charge is -2.07. The van der Waals surface area contributed by atoms with Crippen molar-refractivity contribution < 1.29 is 0 Å². The SMILES string of the molecule is CC(C)(N)N.Cl. The van der Waals surface area contributed by atoms with Crippen molar-refractivity contribution >= 4 is 12.4 Å². The quantitative estimate of drug-likeness (QED) is 0.434. The Morgan fingerprint density at radius 2 is 1.17 bits per heavy atom. The molecule has 0 rings (SSSR count). The van der Waals surface area contributed by atoms with Crippen molar-refractivity contribution in [1.29, 1.82) is 0 Å². The standard InChI is InChI=1S/C3H10N2.ClH/c1-3(2,4)5;/h4-5H2,1-2H3;1H. The van der Waals surface area contributed by atoms with Crippen LogP contribution in [0.15, 0.2) is 0 Å². The van der Waals surface area contributed by atoms with Gasteiger partial charge >= 0.3 is 0 Å². The molecule has 0 unspecified atom stereocenters. The lowest BCUT2D eigenvalue weighted by atomic mass is 10.3. The van der Waals surface area contributed by atoms with Gasteiger partial charge in [-0.1, -0.05) is 0 Å². The van der Waals surface area contributed by atoms with Crippen LogP contribution in [0.4, 0.5) is 0 Å². The lowest BCUT2D eigenvalue weighted by Crippen LogP contribution is -2.42. The highest BCUT2D eigenvalue weighted by Crippen LogP contribution is 1.76. The van der Waals surface area contributed by atoms with Crippen molar-refractivity contribution in [1.82, 2.24) is 0 Å². The minimum atomic E-state index is -0.500. The molecule has 0 bridgehead atoms. The minimum Gasteiger partial charge on any atom is -0.314 e. The maximum atomic E-state index is 5.13. The van der Waals surface area contributed by atoms with E-state index in [2.05, 4.69) is 0 Å². The van der Waals surface area contributed by atoms with Gasteiger partial charge in [-0.25, -0.2) is 0 Å². The van der Waals surface area contributed by atoms with E-state index in [4.69, 9.17) is 11.5 Å². The maximum absolute atomic E-state index is 5.13. The van der Waals surface area contributed by atoms with Crippen LogP contribution in [0.2, 0.25) is 0 Å². The van der Waals surface area contributed by atoms with E-state index < -0.39 is 5.66 Å². The van der Waals surface area contributed by atoms with Crippen LogP contribution < -0.4 is 11.5 Å². The number of rotatable bonds is 0. The molecule has 0 amide bonds. The molecule has 0 fully saturated rings. The molecule has 0 aliphatic carbocycles. The fourth-order valence-corrected chi connectivity index (χ4v) is 0. The van der Waals surface area contributed by atoms with Gasteiger partial charge in [-0.15, -0.1) is 12.4 Å². The Hall–Kier alpha value is 0.210. The number of hydrogen-bond donors (Lipinski definition) is 2. The van der Waals surface area contributed by atoms with Gasteiger partial charge in [0, 0.05) is 0 Å². The highest BCUT2D eigenvalue weighted by atomic mass is 35.5. The summed E-state index contributed by atoms with van der Waals surface area (Å²) in [4.78, 5) is 0. The molecular weight excluding hydrogens is 99.5 g/mol. The molecule has 6 heavy (non-hydrogen) atoms. The molecule has 0 saturated carbocycles. The summed E-state index contributed by atoms with van der Waals surface area (Å²) < 4.78 is 0. The van der Waals surface area contributed by atoms with Crippen molar-refractivity contribution in [2.75, 3.05) is 0 Å². The molecule has 0 heterocycles. The van der Waals surface area contributed by atoms with E-state index in [1.54, 1.807) is 13.8 Å². The number of hydrogen-bond acceptors (Lipinski definition) is 2. The zero-order valence-corrected chi connectivity index (χ0v) is 4.88. The Labute approximate surface area is 44.3 Å². The fraction of sp³-hybridized carbons (Fsp3) is 1.00. The van der Waals surface area contributed by atoms with Crippen LogP contribution >= 0.6 is 12.4 Å². The van der Waals surface area contributed by atoms with Crippen molar-refractivity contribution in [3.05, 3.63) is 0 Å². The summed E-state index contributed by atoms with van der Waals surface area (Å²) in [6.07, 6.45) is 0. The van der Waals surface area contributed by atoms with Gasteiger partial charge in [0.05, 0.1) is 5.66 Å². The van der Waals surface area contributed by atoms with Gasteiger partial charge in [0.1, 0.15) is 0 Å². The topological polar surface area (TPSA) is 52.0 Å². The van der Waals surface area contributed by atoms with E-state index in [0.717, 1.165) is 0 Å². The van der Waals surface area contributed by atoms with Crippen LogP contribution in [0.5, 0.6) is 0 Å². The van der Waals surface area contributed by atoms with E-state index in [1.165, 1.54) is 0 Å². The van der Waals surface area contributed by atoms with Gasteiger partial charge < -0.3 is 11.5 Å². The van der Waals surface area contributed by atoms with E-state index in [-0.39, 0.29) is 12.4 Å². The first-order valence-corrected chi connectivity index (χ1v) is 1.58. The van der Waals surface area contributed by atoms with E-state index >= 15 is 0 Å². The highest BCUT2D eigenvalue weighted by Gasteiger charge is 1.95. The van der Waals surface area contributed by atoms with E-state index in [0.29, 0.717) is 0 Å². The third kappa shape index (κ3) is 984. The molecule has 0 aliphatic rings. The van der Waals surface area contributed by atoms with Crippen molar-refractivity contribution in [2.24, 2.45) is 11.5 Å². The van der Waals surface area contributed by atoms with Gasteiger partial charge in [0.2, 0.25) is 0 Å². The molecule has 0 radical (unpaired) electrons. The monoisotopic (exact) mass is 110 g/mol. The van der Waals surface area contributed by atoms with E-state index in [1.807, 2.05) is 0 Å². The predicted octanol–water partition coefficient (Wildman–Crippen LogP) is 0.0617. The third-order valence-corrected chi connectivity index (χ3v) is 0. The molecule has 0 aromatic carbocycles. The van der Waals surface area contributed by atoms with Crippen molar-refractivity contribution in [3.8, 4) is 0 Å². The predicted molar refractivity (Wildman–Crippen MR) is 29.7 cm³/mol. The van der Waals surface area contributed by atoms with Gasteiger partial charge in [0.25, 0.3) is 0 Å². The summed E-state index contributed by atoms with van der Waals surface area (Å²) >= 11 is 0. The molecule has 0 aliphatic heterocycles. The third-order valence-electron chi connectivity index (χ3n) is 0. The van der Waals surface area contributed by atoms with Crippen LogP contribution in [-0.2, 0) is 0 Å². The summed E-state index contributed by atoms with van der Waals surface area (Å²) in [5, 5.41) is 0. The number of nitrogens with two attached hydrogens (primary N) is 2. The Bertz CT molecular complexity index is 24.3. The first-order valence-electron chi connectivity index (χ1n) is 1.58. The fourth-order valence-electron chi connectivity index (χ4n) is 0. The average Bonchev–Trinajstić information content (AvgIpc) is 0.722. The smallest absolute Gasteiger partial charge is 0.0578 e. The summed E-state index contributed by atoms with van der Waals surface area (Å²) in [7, 11) is 0. The van der Waals surface area contributed by atoms with E-state index in [9.17, 15) is 0 Å². The van der Waals surface area contributed by atoms with Gasteiger partial charge in [-0.2, -0.15) is 0 Å². The molecule has 0 saturated heterocycles. The van der Waals surface area contributed by atoms with Crippen LogP contribution in [0.3, 0.4) is 0 Å². The van der Waals surface area contributed by atoms with Crippen LogP contribution in [0.1, 0.15) is 13.8 Å². The largest absolute Gasteiger partial charge is 0.314 e. The Morgan fingerprint density at radius 3 is 1.17 bits per heavy atom. The molecule has 0 aromatic rings. The molecule has 0 aromatic heterocycles. The van der Waals surface area contributed by atoms with Crippen LogP contribution in [-0.4, -0.2) is 5.66 Å². The Morgan fingerprint density at radius 1 is 1.17 bits per heavy atom. The normalized spacial score (nSPS) is 10.0. The van der Waals surface area contributed by atoms with Gasteiger partial charge in [0.15, 0.2) is 0 Å². The maximum Gasteiger partial charge on any atom is 0.0578 e. The molecule has 0 atom stereocenters. The first kappa shape index (κ1) is 9.51. The van der Waals surface area contributed by atoms with Gasteiger partial charge in [-0.05, 0) is 13.8 Å². The summed E-state index contributed by atoms with van der Waals surface area (Å²) in [6, 6.07) is 0. The molecule has 0 spiro atoms.